The molecule has 2 aromatic heterocycles. The number of ketones is 1. The van der Waals surface area contributed by atoms with Crippen molar-refractivity contribution in [2.24, 2.45) is 5.92 Å². The fraction of sp³-hybridized carbons (Fsp3) is 0.280. The summed E-state index contributed by atoms with van der Waals surface area (Å²) >= 11 is 3.45. The molecule has 4 rings (SSSR count). The lowest BCUT2D eigenvalue weighted by atomic mass is 9.94. The number of carbonyl (C=O) groups excluding carboxylic acids is 3. The van der Waals surface area contributed by atoms with Gasteiger partial charge in [0.15, 0.2) is 5.78 Å². The zero-order valence-corrected chi connectivity index (χ0v) is 20.2. The van der Waals surface area contributed by atoms with E-state index in [-0.39, 0.29) is 35.6 Å². The van der Waals surface area contributed by atoms with E-state index in [1.807, 2.05) is 18.2 Å². The second-order valence-corrected chi connectivity index (χ2v) is 9.29. The van der Waals surface area contributed by atoms with Crippen LogP contribution < -0.4 is 10.9 Å². The van der Waals surface area contributed by atoms with Crippen LogP contribution in [0, 0.1) is 5.92 Å². The monoisotopic (exact) mass is 524 g/mol. The van der Waals surface area contributed by atoms with E-state index in [9.17, 15) is 19.2 Å². The summed E-state index contributed by atoms with van der Waals surface area (Å²) in [6.07, 6.45) is 5.04. The number of benzene rings is 1. The molecule has 0 atom stereocenters. The lowest BCUT2D eigenvalue weighted by molar-refractivity contribution is -0.134. The maximum absolute atomic E-state index is 12.9. The Morgan fingerprint density at radius 3 is 2.68 bits per heavy atom. The largest absolute Gasteiger partial charge is 0.350 e. The minimum Gasteiger partial charge on any atom is -0.350 e. The summed E-state index contributed by atoms with van der Waals surface area (Å²) in [5, 5.41) is 3.61. The Morgan fingerprint density at radius 1 is 1.15 bits per heavy atom. The molecule has 1 aliphatic rings. The van der Waals surface area contributed by atoms with Crippen LogP contribution in [0.25, 0.3) is 10.9 Å². The maximum atomic E-state index is 12.9. The van der Waals surface area contributed by atoms with Crippen molar-refractivity contribution in [2.75, 3.05) is 19.6 Å². The number of amides is 2. The Kier molecular flexibility index (Phi) is 7.12. The van der Waals surface area contributed by atoms with Gasteiger partial charge in [-0.2, -0.15) is 0 Å². The zero-order chi connectivity index (χ0) is 24.2. The van der Waals surface area contributed by atoms with Crippen molar-refractivity contribution < 1.29 is 14.4 Å². The van der Waals surface area contributed by atoms with Crippen molar-refractivity contribution in [1.82, 2.24) is 19.4 Å². The number of aromatic nitrogens is 2. The van der Waals surface area contributed by atoms with Gasteiger partial charge in [-0.1, -0.05) is 28.6 Å². The van der Waals surface area contributed by atoms with Gasteiger partial charge in [-0.3, -0.25) is 19.2 Å². The molecule has 3 aromatic rings. The van der Waals surface area contributed by atoms with Crippen LogP contribution in [-0.2, 0) is 22.7 Å². The lowest BCUT2D eigenvalue weighted by Gasteiger charge is -2.38. The van der Waals surface area contributed by atoms with Gasteiger partial charge in [-0.15, -0.1) is 0 Å². The number of nitrogens with zero attached hydrogens (tertiary/aromatic N) is 3. The van der Waals surface area contributed by atoms with Crippen LogP contribution in [0.2, 0.25) is 0 Å². The number of nitrogens with one attached hydrogen (secondary N) is 1. The summed E-state index contributed by atoms with van der Waals surface area (Å²) in [6, 6.07) is 10.5. The first-order chi connectivity index (χ1) is 16.4. The van der Waals surface area contributed by atoms with E-state index in [0.29, 0.717) is 38.2 Å². The van der Waals surface area contributed by atoms with E-state index in [2.05, 4.69) is 27.8 Å². The second kappa shape index (κ2) is 10.2. The van der Waals surface area contributed by atoms with Crippen LogP contribution in [-0.4, -0.2) is 51.3 Å². The summed E-state index contributed by atoms with van der Waals surface area (Å²) in [4.78, 5) is 50.8. The first-order valence-corrected chi connectivity index (χ1v) is 11.8. The quantitative estimate of drug-likeness (QED) is 0.435. The standard InChI is InChI=1S/C25H25BrN4O4/c1-2-23(32)30-13-17(14-30)11-19(31)15-29-16-21(20-12-18(26)6-7-22(20)29)25(34)27-8-10-28-9-4-3-5-24(28)33/h2-7,9,12,16-17H,1,8,10-11,13-15H2,(H,27,34). The van der Waals surface area contributed by atoms with Gasteiger partial charge < -0.3 is 19.4 Å². The summed E-state index contributed by atoms with van der Waals surface area (Å²) in [5.41, 5.74) is 1.13. The Labute approximate surface area is 205 Å². The third-order valence-corrected chi connectivity index (χ3v) is 6.42. The van der Waals surface area contributed by atoms with E-state index in [1.165, 1.54) is 16.7 Å². The highest BCUT2D eigenvalue weighted by molar-refractivity contribution is 9.10. The average molecular weight is 525 g/mol. The van der Waals surface area contributed by atoms with Crippen molar-refractivity contribution in [2.45, 2.75) is 19.5 Å². The minimum atomic E-state index is -0.268. The van der Waals surface area contributed by atoms with Crippen molar-refractivity contribution >= 4 is 44.4 Å². The van der Waals surface area contributed by atoms with E-state index in [1.54, 1.807) is 34.0 Å². The number of likely N-dealkylation sites (tertiary alicyclic amines) is 1. The molecular weight excluding hydrogens is 500 g/mol. The zero-order valence-electron chi connectivity index (χ0n) is 18.6. The molecule has 1 fully saturated rings. The van der Waals surface area contributed by atoms with E-state index in [4.69, 9.17) is 0 Å². The third kappa shape index (κ3) is 5.20. The van der Waals surface area contributed by atoms with Crippen LogP contribution in [0.5, 0.6) is 0 Å². The van der Waals surface area contributed by atoms with Crippen LogP contribution in [0.1, 0.15) is 16.8 Å². The Balaban J connectivity index is 1.43. The predicted octanol–water partition coefficient (Wildman–Crippen LogP) is 2.60. The Morgan fingerprint density at radius 2 is 1.94 bits per heavy atom. The molecule has 9 heteroatoms. The Bertz CT molecular complexity index is 1320. The van der Waals surface area contributed by atoms with Gasteiger partial charge in [0.1, 0.15) is 0 Å². The SMILES string of the molecule is C=CC(=O)N1CC(CC(=O)Cn2cc(C(=O)NCCn3ccccc3=O)c3cc(Br)ccc32)C1. The number of Topliss-reactive ketones (excluding diaryl/α,β-unsaturated/α-hetero) is 1. The van der Waals surface area contributed by atoms with Crippen molar-refractivity contribution in [3.8, 4) is 0 Å². The fourth-order valence-electron chi connectivity index (χ4n) is 4.20. The molecule has 3 heterocycles. The van der Waals surface area contributed by atoms with Crippen LogP contribution >= 0.6 is 15.9 Å². The van der Waals surface area contributed by atoms with E-state index >= 15 is 0 Å². The van der Waals surface area contributed by atoms with Crippen molar-refractivity contribution in [3.63, 3.8) is 0 Å². The highest BCUT2D eigenvalue weighted by Crippen LogP contribution is 2.26. The van der Waals surface area contributed by atoms with E-state index in [0.717, 1.165) is 15.4 Å². The molecule has 0 saturated carbocycles. The van der Waals surface area contributed by atoms with Crippen LogP contribution in [0.15, 0.2) is 70.7 Å². The molecule has 34 heavy (non-hydrogen) atoms. The first-order valence-electron chi connectivity index (χ1n) is 11.0. The summed E-state index contributed by atoms with van der Waals surface area (Å²) in [5.74, 6) is -0.184. The average Bonchev–Trinajstić information content (AvgIpc) is 3.14. The van der Waals surface area contributed by atoms with Gasteiger partial charge in [-0.05, 0) is 30.3 Å². The molecule has 1 saturated heterocycles. The second-order valence-electron chi connectivity index (χ2n) is 8.38. The summed E-state index contributed by atoms with van der Waals surface area (Å²) in [6.45, 7) is 5.41. The van der Waals surface area contributed by atoms with Crippen molar-refractivity contribution in [1.29, 1.82) is 0 Å². The van der Waals surface area contributed by atoms with Gasteiger partial charge in [-0.25, -0.2) is 0 Å². The van der Waals surface area contributed by atoms with Gasteiger partial charge >= 0.3 is 0 Å². The number of pyridine rings is 1. The number of halogens is 1. The first kappa shape index (κ1) is 23.7. The summed E-state index contributed by atoms with van der Waals surface area (Å²) in [7, 11) is 0. The van der Waals surface area contributed by atoms with Gasteiger partial charge in [0, 0.05) is 72.4 Å². The maximum Gasteiger partial charge on any atom is 0.253 e. The van der Waals surface area contributed by atoms with Gasteiger partial charge in [0.25, 0.3) is 11.5 Å². The number of hydrogen-bond acceptors (Lipinski definition) is 4. The van der Waals surface area contributed by atoms with Gasteiger partial charge in [0.05, 0.1) is 12.1 Å². The highest BCUT2D eigenvalue weighted by atomic mass is 79.9. The molecule has 1 aromatic carbocycles. The predicted molar refractivity (Wildman–Crippen MR) is 133 cm³/mol. The number of carbonyl (C=O) groups is 3. The number of rotatable bonds is 9. The molecule has 0 aliphatic carbocycles. The van der Waals surface area contributed by atoms with Gasteiger partial charge in [0.2, 0.25) is 5.91 Å². The van der Waals surface area contributed by atoms with Crippen LogP contribution in [0.4, 0.5) is 0 Å². The molecule has 1 N–H and O–H groups in total. The normalized spacial score (nSPS) is 13.5. The fourth-order valence-corrected chi connectivity index (χ4v) is 4.56. The molecule has 1 aliphatic heterocycles. The highest BCUT2D eigenvalue weighted by Gasteiger charge is 2.30. The molecule has 176 valence electrons. The van der Waals surface area contributed by atoms with Crippen LogP contribution in [0.3, 0.4) is 0 Å². The Hall–Kier alpha value is -3.46. The molecule has 0 spiro atoms. The third-order valence-electron chi connectivity index (χ3n) is 5.93. The molecule has 8 nitrogen and oxygen atoms in total. The molecule has 2 amide bonds. The lowest BCUT2D eigenvalue weighted by Crippen LogP contribution is -2.50. The molecule has 0 unspecified atom stereocenters. The number of fused-ring (bicyclic) bond motifs is 1. The molecule has 0 radical (unpaired) electrons. The topological polar surface area (TPSA) is 93.4 Å². The molecule has 0 bridgehead atoms. The van der Waals surface area contributed by atoms with E-state index < -0.39 is 0 Å². The summed E-state index contributed by atoms with van der Waals surface area (Å²) < 4.78 is 4.16. The smallest absolute Gasteiger partial charge is 0.253 e. The minimum absolute atomic E-state index is 0.0472. The van der Waals surface area contributed by atoms with Crippen molar-refractivity contribution in [3.05, 3.63) is 81.8 Å². The number of hydrogen-bond donors (Lipinski definition) is 1. The molecular formula is C25H25BrN4O4.